The van der Waals surface area contributed by atoms with E-state index in [0.717, 1.165) is 12.8 Å². The molecule has 0 spiro atoms. The highest BCUT2D eigenvalue weighted by molar-refractivity contribution is 5.87. The van der Waals surface area contributed by atoms with Crippen molar-refractivity contribution in [3.63, 3.8) is 0 Å². The molecule has 6 heteroatoms. The summed E-state index contributed by atoms with van der Waals surface area (Å²) in [5, 5.41) is 17.6. The maximum Gasteiger partial charge on any atom is 0.345 e. The summed E-state index contributed by atoms with van der Waals surface area (Å²) in [6, 6.07) is 0. The molecule has 0 saturated heterocycles. The zero-order chi connectivity index (χ0) is 19.5. The molecule has 0 heterocycles. The number of unbranched alkanes of at least 4 members (excludes halogenated alkanes) is 14. The van der Waals surface area contributed by atoms with Crippen LogP contribution in [0.5, 0.6) is 0 Å². The van der Waals surface area contributed by atoms with E-state index in [1.807, 2.05) is 0 Å². The highest BCUT2D eigenvalue weighted by atomic mass is 16.6. The minimum atomic E-state index is -1.62. The molecule has 0 aromatic rings. The van der Waals surface area contributed by atoms with Crippen LogP contribution < -0.4 is 0 Å². The second-order valence-electron chi connectivity index (χ2n) is 7.19. The van der Waals surface area contributed by atoms with Gasteiger partial charge in [0.1, 0.15) is 0 Å². The van der Waals surface area contributed by atoms with E-state index in [1.54, 1.807) is 0 Å². The fourth-order valence-electron chi connectivity index (χ4n) is 2.95. The van der Waals surface area contributed by atoms with E-state index in [4.69, 9.17) is 10.2 Å². The molecule has 4 N–H and O–H groups in total. The maximum atomic E-state index is 11.4. The number of esters is 2. The molecular weight excluding hydrogens is 348 g/mol. The SMILES string of the molecule is CCCCCCCCCCCCCCCCCC(=O)OC(=O)C(O)CO.O. The third kappa shape index (κ3) is 19.6. The standard InChI is InChI=1S/C21H40O5.H2O/c1-2-3-4-5-6-7-8-9-10-11-12-13-14-15-16-17-20(24)26-21(25)19(23)18-22;/h19,22-23H,2-18H2,1H3;1H2. The lowest BCUT2D eigenvalue weighted by Gasteiger charge is -2.06. The quantitative estimate of drug-likeness (QED) is 0.209. The molecule has 162 valence electrons. The number of hydrogen-bond acceptors (Lipinski definition) is 5. The van der Waals surface area contributed by atoms with E-state index < -0.39 is 24.6 Å². The van der Waals surface area contributed by atoms with Crippen molar-refractivity contribution < 1.29 is 30.0 Å². The molecule has 0 bridgehead atoms. The van der Waals surface area contributed by atoms with E-state index in [-0.39, 0.29) is 11.9 Å². The first-order valence-corrected chi connectivity index (χ1v) is 10.6. The number of aliphatic hydroxyl groups is 2. The summed E-state index contributed by atoms with van der Waals surface area (Å²) in [7, 11) is 0. The summed E-state index contributed by atoms with van der Waals surface area (Å²) in [6.45, 7) is 1.52. The minimum absolute atomic E-state index is 0. The Kier molecular flexibility index (Phi) is 22.3. The number of rotatable bonds is 18. The summed E-state index contributed by atoms with van der Waals surface area (Å²) in [4.78, 5) is 22.5. The molecule has 0 saturated carbocycles. The average Bonchev–Trinajstić information content (AvgIpc) is 2.64. The van der Waals surface area contributed by atoms with Gasteiger partial charge in [-0.3, -0.25) is 4.79 Å². The van der Waals surface area contributed by atoms with Crippen LogP contribution in [0.3, 0.4) is 0 Å². The number of hydrogen-bond donors (Lipinski definition) is 2. The second-order valence-corrected chi connectivity index (χ2v) is 7.19. The lowest BCUT2D eigenvalue weighted by atomic mass is 10.0. The van der Waals surface area contributed by atoms with Crippen molar-refractivity contribution >= 4 is 11.9 Å². The molecule has 0 amide bonds. The lowest BCUT2D eigenvalue weighted by molar-refractivity contribution is -0.167. The first-order valence-electron chi connectivity index (χ1n) is 10.6. The van der Waals surface area contributed by atoms with E-state index in [1.165, 1.54) is 77.0 Å². The Morgan fingerprint density at radius 2 is 1.11 bits per heavy atom. The topological polar surface area (TPSA) is 115 Å². The molecule has 0 radical (unpaired) electrons. The van der Waals surface area contributed by atoms with E-state index in [9.17, 15) is 9.59 Å². The van der Waals surface area contributed by atoms with Crippen LogP contribution in [0.25, 0.3) is 0 Å². The number of carbonyl (C=O) groups excluding carboxylic acids is 2. The molecule has 0 rings (SSSR count). The van der Waals surface area contributed by atoms with Crippen LogP contribution in [0, 0.1) is 0 Å². The lowest BCUT2D eigenvalue weighted by Crippen LogP contribution is -2.28. The van der Waals surface area contributed by atoms with Gasteiger partial charge in [0, 0.05) is 6.42 Å². The molecule has 0 aliphatic carbocycles. The Bertz CT molecular complexity index is 346. The van der Waals surface area contributed by atoms with Crippen LogP contribution in [0.4, 0.5) is 0 Å². The van der Waals surface area contributed by atoms with Gasteiger partial charge in [-0.25, -0.2) is 4.79 Å². The van der Waals surface area contributed by atoms with E-state index in [2.05, 4.69) is 11.7 Å². The molecule has 27 heavy (non-hydrogen) atoms. The van der Waals surface area contributed by atoms with Crippen LogP contribution in [-0.4, -0.2) is 40.3 Å². The highest BCUT2D eigenvalue weighted by Crippen LogP contribution is 2.13. The maximum absolute atomic E-state index is 11.4. The van der Waals surface area contributed by atoms with Crippen molar-refractivity contribution in [2.24, 2.45) is 0 Å². The molecular formula is C21H42O6. The summed E-state index contributed by atoms with van der Waals surface area (Å²) in [5.74, 6) is -1.70. The van der Waals surface area contributed by atoms with Crippen molar-refractivity contribution in [1.82, 2.24) is 0 Å². The Hall–Kier alpha value is -0.980. The van der Waals surface area contributed by atoms with Gasteiger partial charge in [-0.15, -0.1) is 0 Å². The summed E-state index contributed by atoms with van der Waals surface area (Å²) >= 11 is 0. The van der Waals surface area contributed by atoms with Crippen LogP contribution in [0.1, 0.15) is 110 Å². The average molecular weight is 391 g/mol. The van der Waals surface area contributed by atoms with Gasteiger partial charge < -0.3 is 20.4 Å². The fourth-order valence-corrected chi connectivity index (χ4v) is 2.95. The zero-order valence-electron chi connectivity index (χ0n) is 17.2. The molecule has 1 atom stereocenters. The van der Waals surface area contributed by atoms with Gasteiger partial charge in [-0.05, 0) is 6.42 Å². The number of ether oxygens (including phenoxy) is 1. The monoisotopic (exact) mass is 390 g/mol. The van der Waals surface area contributed by atoms with Crippen LogP contribution in [0.15, 0.2) is 0 Å². The fraction of sp³-hybridized carbons (Fsp3) is 0.905. The Balaban J connectivity index is 0. The third-order valence-corrected chi connectivity index (χ3v) is 4.64. The van der Waals surface area contributed by atoms with E-state index >= 15 is 0 Å². The van der Waals surface area contributed by atoms with Crippen molar-refractivity contribution in [2.75, 3.05) is 6.61 Å². The second kappa shape index (κ2) is 21.3. The normalized spacial score (nSPS) is 11.7. The number of aliphatic hydroxyl groups excluding tert-OH is 2. The Morgan fingerprint density at radius 1 is 0.741 bits per heavy atom. The van der Waals surface area contributed by atoms with Gasteiger partial charge in [-0.2, -0.15) is 0 Å². The molecule has 0 aliphatic heterocycles. The molecule has 0 aromatic heterocycles. The van der Waals surface area contributed by atoms with Gasteiger partial charge in [0.05, 0.1) is 6.61 Å². The molecule has 0 aliphatic rings. The Morgan fingerprint density at radius 3 is 1.48 bits per heavy atom. The predicted molar refractivity (Wildman–Crippen MR) is 107 cm³/mol. The molecule has 1 unspecified atom stereocenters. The van der Waals surface area contributed by atoms with Crippen LogP contribution >= 0.6 is 0 Å². The highest BCUT2D eigenvalue weighted by Gasteiger charge is 2.18. The Labute approximate surface area is 165 Å². The molecule has 6 nitrogen and oxygen atoms in total. The van der Waals surface area contributed by atoms with Gasteiger partial charge in [0.15, 0.2) is 6.10 Å². The van der Waals surface area contributed by atoms with E-state index in [0.29, 0.717) is 6.42 Å². The van der Waals surface area contributed by atoms with Gasteiger partial charge in [0.25, 0.3) is 0 Å². The predicted octanol–water partition coefficient (Wildman–Crippen LogP) is 3.85. The van der Waals surface area contributed by atoms with Gasteiger partial charge >= 0.3 is 11.9 Å². The molecule has 0 aromatic carbocycles. The van der Waals surface area contributed by atoms with Crippen molar-refractivity contribution in [2.45, 2.75) is 116 Å². The van der Waals surface area contributed by atoms with Crippen LogP contribution in [0.2, 0.25) is 0 Å². The zero-order valence-corrected chi connectivity index (χ0v) is 17.2. The smallest absolute Gasteiger partial charge is 0.345 e. The summed E-state index contributed by atoms with van der Waals surface area (Å²) < 4.78 is 4.43. The largest absolute Gasteiger partial charge is 0.412 e. The van der Waals surface area contributed by atoms with Crippen molar-refractivity contribution in [3.8, 4) is 0 Å². The van der Waals surface area contributed by atoms with Crippen molar-refractivity contribution in [1.29, 1.82) is 0 Å². The van der Waals surface area contributed by atoms with Crippen LogP contribution in [-0.2, 0) is 14.3 Å². The first kappa shape index (κ1) is 28.2. The van der Waals surface area contributed by atoms with Gasteiger partial charge in [0.2, 0.25) is 0 Å². The summed E-state index contributed by atoms with van der Waals surface area (Å²) in [6.07, 6.45) is 17.4. The number of carbonyl (C=O) groups is 2. The first-order chi connectivity index (χ1) is 12.6. The van der Waals surface area contributed by atoms with Crippen molar-refractivity contribution in [3.05, 3.63) is 0 Å². The minimum Gasteiger partial charge on any atom is -0.412 e. The van der Waals surface area contributed by atoms with Gasteiger partial charge in [-0.1, -0.05) is 96.8 Å². The third-order valence-electron chi connectivity index (χ3n) is 4.64. The molecule has 0 fully saturated rings. The summed E-state index contributed by atoms with van der Waals surface area (Å²) in [5.41, 5.74) is 0.